The fourth-order valence-electron chi connectivity index (χ4n) is 3.46. The van der Waals surface area contributed by atoms with Crippen LogP contribution in [0.3, 0.4) is 0 Å². The van der Waals surface area contributed by atoms with Gasteiger partial charge in [-0.15, -0.1) is 0 Å². The maximum absolute atomic E-state index is 13.3. The minimum atomic E-state index is -0.461. The first-order chi connectivity index (χ1) is 12.6. The molecule has 7 heteroatoms. The number of aromatic nitrogens is 4. The number of hydrogen-bond acceptors (Lipinski definition) is 4. The molecule has 1 aliphatic rings. The molecule has 7 nitrogen and oxygen atoms in total. The van der Waals surface area contributed by atoms with E-state index >= 15 is 0 Å². The van der Waals surface area contributed by atoms with Crippen molar-refractivity contribution < 1.29 is 4.79 Å². The van der Waals surface area contributed by atoms with E-state index in [1.807, 2.05) is 41.2 Å². The Morgan fingerprint density at radius 2 is 2.04 bits per heavy atom. The van der Waals surface area contributed by atoms with Gasteiger partial charge in [-0.1, -0.05) is 18.2 Å². The summed E-state index contributed by atoms with van der Waals surface area (Å²) in [6.45, 7) is 3.99. The van der Waals surface area contributed by atoms with E-state index in [0.717, 1.165) is 17.7 Å². The van der Waals surface area contributed by atoms with Crippen molar-refractivity contribution >= 4 is 11.6 Å². The van der Waals surface area contributed by atoms with Crippen LogP contribution >= 0.6 is 0 Å². The summed E-state index contributed by atoms with van der Waals surface area (Å²) >= 11 is 0. The number of benzene rings is 1. The van der Waals surface area contributed by atoms with E-state index in [-0.39, 0.29) is 17.5 Å². The average Bonchev–Trinajstić information content (AvgIpc) is 3.19. The van der Waals surface area contributed by atoms with E-state index < -0.39 is 5.56 Å². The number of amides is 1. The van der Waals surface area contributed by atoms with Gasteiger partial charge in [0.1, 0.15) is 5.56 Å². The van der Waals surface area contributed by atoms with Gasteiger partial charge in [0.2, 0.25) is 0 Å². The number of nitrogens with zero attached hydrogens (tertiary/aromatic N) is 4. The van der Waals surface area contributed by atoms with Gasteiger partial charge in [-0.3, -0.25) is 14.3 Å². The molecule has 0 aliphatic carbocycles. The zero-order valence-electron chi connectivity index (χ0n) is 14.6. The van der Waals surface area contributed by atoms with Crippen molar-refractivity contribution in [1.82, 2.24) is 20.0 Å². The van der Waals surface area contributed by atoms with Crippen LogP contribution in [0.4, 0.5) is 5.69 Å². The third kappa shape index (κ3) is 2.61. The molecule has 1 N–H and O–H groups in total. The third-order valence-corrected chi connectivity index (χ3v) is 4.96. The molecule has 0 bridgehead atoms. The smallest absolute Gasteiger partial charge is 0.277 e. The number of fused-ring (bicyclic) bond motifs is 1. The highest BCUT2D eigenvalue weighted by atomic mass is 16.2. The molecular formula is C19H19N5O2. The second-order valence-corrected chi connectivity index (χ2v) is 6.53. The van der Waals surface area contributed by atoms with Crippen LogP contribution in [0.5, 0.6) is 0 Å². The number of anilines is 1. The quantitative estimate of drug-likeness (QED) is 0.767. The van der Waals surface area contributed by atoms with E-state index in [4.69, 9.17) is 0 Å². The molecule has 1 aromatic carbocycles. The second kappa shape index (κ2) is 6.25. The Labute approximate surface area is 150 Å². The summed E-state index contributed by atoms with van der Waals surface area (Å²) in [4.78, 5) is 27.3. The van der Waals surface area contributed by atoms with Gasteiger partial charge < -0.3 is 4.90 Å². The van der Waals surface area contributed by atoms with Crippen molar-refractivity contribution in [2.45, 2.75) is 26.3 Å². The van der Waals surface area contributed by atoms with Gasteiger partial charge >= 0.3 is 0 Å². The van der Waals surface area contributed by atoms with Gasteiger partial charge in [0.05, 0.1) is 11.7 Å². The largest absolute Gasteiger partial charge is 0.306 e. The third-order valence-electron chi connectivity index (χ3n) is 4.96. The van der Waals surface area contributed by atoms with Gasteiger partial charge in [0, 0.05) is 24.6 Å². The molecule has 132 valence electrons. The van der Waals surface area contributed by atoms with Crippen molar-refractivity contribution in [2.75, 3.05) is 11.4 Å². The lowest BCUT2D eigenvalue weighted by atomic mass is 9.96. The number of aryl methyl sites for hydroxylation is 1. The van der Waals surface area contributed by atoms with Gasteiger partial charge in [0.15, 0.2) is 0 Å². The topological polar surface area (TPSA) is 83.9 Å². The molecule has 3 heterocycles. The van der Waals surface area contributed by atoms with Crippen LogP contribution in [0.1, 0.15) is 33.2 Å². The van der Waals surface area contributed by atoms with Gasteiger partial charge in [-0.25, -0.2) is 5.10 Å². The summed E-state index contributed by atoms with van der Waals surface area (Å²) in [5.41, 5.74) is 2.84. The van der Waals surface area contributed by atoms with Crippen LogP contribution in [-0.2, 0) is 6.42 Å². The molecular weight excluding hydrogens is 330 g/mol. The number of aromatic amines is 1. The lowest BCUT2D eigenvalue weighted by Gasteiger charge is -2.34. The van der Waals surface area contributed by atoms with E-state index in [1.54, 1.807) is 24.9 Å². The normalized spacial score (nSPS) is 16.4. The number of nitrogens with one attached hydrogen (secondary N) is 1. The number of H-pyrrole nitrogens is 1. The molecule has 1 amide bonds. The Balaban J connectivity index is 1.81. The first kappa shape index (κ1) is 16.3. The summed E-state index contributed by atoms with van der Waals surface area (Å²) in [6, 6.07) is 9.69. The molecule has 1 aliphatic heterocycles. The summed E-state index contributed by atoms with van der Waals surface area (Å²) in [5, 5.41) is 10.7. The summed E-state index contributed by atoms with van der Waals surface area (Å²) in [7, 11) is 0. The maximum Gasteiger partial charge on any atom is 0.277 e. The highest BCUT2D eigenvalue weighted by molar-refractivity contribution is 6.07. The molecule has 0 fully saturated rings. The van der Waals surface area contributed by atoms with E-state index in [9.17, 15) is 9.59 Å². The molecule has 1 atom stereocenters. The molecule has 3 aromatic rings. The van der Waals surface area contributed by atoms with Crippen LogP contribution in [0, 0.1) is 13.8 Å². The summed E-state index contributed by atoms with van der Waals surface area (Å²) in [5.74, 6) is -0.307. The van der Waals surface area contributed by atoms with E-state index in [2.05, 4.69) is 15.3 Å². The Kier molecular flexibility index (Phi) is 3.91. The Hall–Kier alpha value is -3.22. The highest BCUT2D eigenvalue weighted by Crippen LogP contribution is 2.32. The lowest BCUT2D eigenvalue weighted by Crippen LogP contribution is -2.43. The van der Waals surface area contributed by atoms with Crippen molar-refractivity contribution in [3.05, 3.63) is 75.5 Å². The van der Waals surface area contributed by atoms with Crippen LogP contribution < -0.4 is 10.5 Å². The van der Waals surface area contributed by atoms with Crippen LogP contribution in [0.25, 0.3) is 0 Å². The Morgan fingerprint density at radius 3 is 2.81 bits per heavy atom. The number of rotatable bonds is 2. The lowest BCUT2D eigenvalue weighted by molar-refractivity contribution is 0.0977. The fourth-order valence-corrected chi connectivity index (χ4v) is 3.46. The average molecular weight is 349 g/mol. The number of carbonyl (C=O) groups excluding carboxylic acids is 1. The zero-order valence-corrected chi connectivity index (χ0v) is 14.6. The Morgan fingerprint density at radius 1 is 1.23 bits per heavy atom. The van der Waals surface area contributed by atoms with Gasteiger partial charge in [-0.2, -0.15) is 10.2 Å². The molecule has 0 spiro atoms. The molecule has 26 heavy (non-hydrogen) atoms. The van der Waals surface area contributed by atoms with Crippen LogP contribution in [0.15, 0.2) is 47.5 Å². The number of hydrogen-bond donors (Lipinski definition) is 1. The zero-order chi connectivity index (χ0) is 18.3. The minimum absolute atomic E-state index is 0.0196. The van der Waals surface area contributed by atoms with Gasteiger partial charge in [0.25, 0.3) is 11.5 Å². The minimum Gasteiger partial charge on any atom is -0.306 e. The molecule has 0 radical (unpaired) electrons. The first-order valence-electron chi connectivity index (χ1n) is 8.51. The van der Waals surface area contributed by atoms with Crippen molar-refractivity contribution in [3.8, 4) is 0 Å². The second-order valence-electron chi connectivity index (χ2n) is 6.53. The molecule has 4 rings (SSSR count). The van der Waals surface area contributed by atoms with Crippen molar-refractivity contribution in [2.24, 2.45) is 0 Å². The van der Waals surface area contributed by atoms with E-state index in [0.29, 0.717) is 17.8 Å². The summed E-state index contributed by atoms with van der Waals surface area (Å²) in [6.07, 6.45) is 4.41. The molecule has 2 aromatic heterocycles. The predicted octanol–water partition coefficient (Wildman–Crippen LogP) is 2.03. The van der Waals surface area contributed by atoms with Crippen LogP contribution in [0.2, 0.25) is 0 Å². The first-order valence-corrected chi connectivity index (χ1v) is 8.51. The molecule has 0 unspecified atom stereocenters. The fraction of sp³-hybridized carbons (Fsp3) is 0.263. The maximum atomic E-state index is 13.3. The SMILES string of the molecule is Cc1n[nH]c(=O)c(C(=O)N2C[C@H](n3cccn3)Cc3ccccc32)c1C. The monoisotopic (exact) mass is 349 g/mol. The van der Waals surface area contributed by atoms with Crippen molar-refractivity contribution in [3.63, 3.8) is 0 Å². The van der Waals surface area contributed by atoms with E-state index in [1.165, 1.54) is 0 Å². The number of para-hydroxylation sites is 1. The van der Waals surface area contributed by atoms with Crippen LogP contribution in [-0.4, -0.2) is 32.4 Å². The standard InChI is InChI=1S/C19H19N5O2/c1-12-13(2)21-22-18(25)17(12)19(26)23-11-15(24-9-5-8-20-24)10-14-6-3-4-7-16(14)23/h3-9,15H,10-11H2,1-2H3,(H,22,25)/t15-/m1/s1. The predicted molar refractivity (Wildman–Crippen MR) is 97.4 cm³/mol. The molecule has 0 saturated heterocycles. The highest BCUT2D eigenvalue weighted by Gasteiger charge is 2.32. The Bertz CT molecular complexity index is 1020. The number of carbonyl (C=O) groups is 1. The molecule has 0 saturated carbocycles. The van der Waals surface area contributed by atoms with Crippen molar-refractivity contribution in [1.29, 1.82) is 0 Å². The summed E-state index contributed by atoms with van der Waals surface area (Å²) < 4.78 is 1.87. The van der Waals surface area contributed by atoms with Gasteiger partial charge in [-0.05, 0) is 43.5 Å².